The van der Waals surface area contributed by atoms with Crippen LogP contribution in [0.3, 0.4) is 0 Å². The van der Waals surface area contributed by atoms with Crippen molar-refractivity contribution in [2.75, 3.05) is 45.4 Å². The Morgan fingerprint density at radius 3 is 2.38 bits per heavy atom. The highest BCUT2D eigenvalue weighted by Gasteiger charge is 2.23. The summed E-state index contributed by atoms with van der Waals surface area (Å²) in [4.78, 5) is 14.1. The predicted octanol–water partition coefficient (Wildman–Crippen LogP) is 2.24. The largest absolute Gasteiger partial charge is 0.495 e. The summed E-state index contributed by atoms with van der Waals surface area (Å²) in [5, 5.41) is 2.70. The molecule has 1 aromatic rings. The first-order valence-electron chi connectivity index (χ1n) is 7.99. The molecule has 0 radical (unpaired) electrons. The SMILES string of the molecule is CCN(CC)C(=S)SCC(=O)Nc1ccc(OC)c(S(=O)(=O)N(C)C)c1. The third-order valence-electron chi connectivity index (χ3n) is 3.55. The number of benzene rings is 1. The third kappa shape index (κ3) is 5.83. The summed E-state index contributed by atoms with van der Waals surface area (Å²) in [6.07, 6.45) is 0. The molecule has 1 aromatic carbocycles. The quantitative estimate of drug-likeness (QED) is 0.648. The molecule has 0 saturated heterocycles. The van der Waals surface area contributed by atoms with Crippen molar-refractivity contribution >= 4 is 49.9 Å². The monoisotopic (exact) mass is 419 g/mol. The van der Waals surface area contributed by atoms with Gasteiger partial charge in [0.05, 0.1) is 12.9 Å². The highest BCUT2D eigenvalue weighted by atomic mass is 32.2. The molecule has 0 heterocycles. The lowest BCUT2D eigenvalue weighted by molar-refractivity contribution is -0.113. The number of methoxy groups -OCH3 is 1. The van der Waals surface area contributed by atoms with E-state index in [0.29, 0.717) is 10.0 Å². The Kier molecular flexibility index (Phi) is 8.81. The van der Waals surface area contributed by atoms with Gasteiger partial charge < -0.3 is 15.0 Å². The summed E-state index contributed by atoms with van der Waals surface area (Å²) in [6, 6.07) is 4.50. The minimum atomic E-state index is -3.70. The number of rotatable bonds is 8. The maximum atomic E-state index is 12.4. The molecule has 146 valence electrons. The molecule has 0 aliphatic rings. The Bertz CT molecular complexity index is 747. The number of ether oxygens (including phenoxy) is 1. The van der Waals surface area contributed by atoms with Crippen LogP contribution in [0.15, 0.2) is 23.1 Å². The van der Waals surface area contributed by atoms with Gasteiger partial charge in [-0.25, -0.2) is 12.7 Å². The van der Waals surface area contributed by atoms with Gasteiger partial charge in [-0.3, -0.25) is 4.79 Å². The minimum Gasteiger partial charge on any atom is -0.495 e. The second kappa shape index (κ2) is 10.1. The lowest BCUT2D eigenvalue weighted by Gasteiger charge is -2.20. The van der Waals surface area contributed by atoms with Crippen LogP contribution in [0.1, 0.15) is 13.8 Å². The Hall–Kier alpha value is -1.36. The zero-order valence-corrected chi connectivity index (χ0v) is 18.1. The number of nitrogens with one attached hydrogen (secondary N) is 1. The van der Waals surface area contributed by atoms with E-state index >= 15 is 0 Å². The van der Waals surface area contributed by atoms with Crippen LogP contribution in [0.4, 0.5) is 5.69 Å². The summed E-state index contributed by atoms with van der Waals surface area (Å²) >= 11 is 6.57. The van der Waals surface area contributed by atoms with Gasteiger partial charge in [-0.15, -0.1) is 0 Å². The van der Waals surface area contributed by atoms with Crippen molar-refractivity contribution in [1.29, 1.82) is 0 Å². The molecule has 0 spiro atoms. The zero-order chi connectivity index (χ0) is 19.9. The van der Waals surface area contributed by atoms with Crippen LogP contribution >= 0.6 is 24.0 Å². The smallest absolute Gasteiger partial charge is 0.246 e. The van der Waals surface area contributed by atoms with Crippen LogP contribution < -0.4 is 10.1 Å². The molecule has 0 aromatic heterocycles. The van der Waals surface area contributed by atoms with Crippen molar-refractivity contribution in [3.63, 3.8) is 0 Å². The van der Waals surface area contributed by atoms with Crippen molar-refractivity contribution in [2.24, 2.45) is 0 Å². The Morgan fingerprint density at radius 2 is 1.88 bits per heavy atom. The van der Waals surface area contributed by atoms with E-state index in [1.807, 2.05) is 18.7 Å². The van der Waals surface area contributed by atoms with E-state index in [1.54, 1.807) is 6.07 Å². The van der Waals surface area contributed by atoms with E-state index in [1.165, 1.54) is 45.1 Å². The van der Waals surface area contributed by atoms with Gasteiger partial charge in [0, 0.05) is 32.9 Å². The third-order valence-corrected chi connectivity index (χ3v) is 6.91. The van der Waals surface area contributed by atoms with Gasteiger partial charge in [0.2, 0.25) is 15.9 Å². The van der Waals surface area contributed by atoms with Crippen molar-refractivity contribution in [1.82, 2.24) is 9.21 Å². The number of thioether (sulfide) groups is 1. The maximum Gasteiger partial charge on any atom is 0.246 e. The van der Waals surface area contributed by atoms with Crippen LogP contribution in [-0.4, -0.2) is 67.9 Å². The fraction of sp³-hybridized carbons (Fsp3) is 0.500. The minimum absolute atomic E-state index is 0.00545. The molecule has 0 aliphatic carbocycles. The normalized spacial score (nSPS) is 11.3. The average molecular weight is 420 g/mol. The van der Waals surface area contributed by atoms with Gasteiger partial charge in [-0.1, -0.05) is 24.0 Å². The lowest BCUT2D eigenvalue weighted by atomic mass is 10.3. The zero-order valence-electron chi connectivity index (χ0n) is 15.6. The average Bonchev–Trinajstić information content (AvgIpc) is 2.60. The molecule has 7 nitrogen and oxygen atoms in total. The van der Waals surface area contributed by atoms with Gasteiger partial charge in [-0.2, -0.15) is 0 Å². The topological polar surface area (TPSA) is 79.0 Å². The molecule has 0 bridgehead atoms. The Balaban J connectivity index is 2.88. The highest BCUT2D eigenvalue weighted by Crippen LogP contribution is 2.29. The second-order valence-corrected chi connectivity index (χ2v) is 9.16. The van der Waals surface area contributed by atoms with Crippen molar-refractivity contribution in [3.8, 4) is 5.75 Å². The summed E-state index contributed by atoms with van der Waals surface area (Å²) in [6.45, 7) is 5.57. The van der Waals surface area contributed by atoms with Crippen LogP contribution in [0.5, 0.6) is 5.75 Å². The first-order valence-corrected chi connectivity index (χ1v) is 10.8. The summed E-state index contributed by atoms with van der Waals surface area (Å²) < 4.78 is 31.7. The molecule has 0 atom stereocenters. The van der Waals surface area contributed by atoms with E-state index < -0.39 is 10.0 Å². The van der Waals surface area contributed by atoms with Gasteiger partial charge in [0.15, 0.2) is 0 Å². The summed E-state index contributed by atoms with van der Waals surface area (Å²) in [7, 11) is 0.569. The number of carbonyl (C=O) groups excluding carboxylic acids is 1. The van der Waals surface area contributed by atoms with Gasteiger partial charge in [0.1, 0.15) is 15.0 Å². The van der Waals surface area contributed by atoms with Crippen LogP contribution in [-0.2, 0) is 14.8 Å². The van der Waals surface area contributed by atoms with E-state index in [4.69, 9.17) is 17.0 Å². The van der Waals surface area contributed by atoms with Crippen molar-refractivity contribution in [2.45, 2.75) is 18.7 Å². The van der Waals surface area contributed by atoms with Crippen LogP contribution in [0.25, 0.3) is 0 Å². The van der Waals surface area contributed by atoms with Crippen molar-refractivity contribution < 1.29 is 17.9 Å². The summed E-state index contributed by atoms with van der Waals surface area (Å²) in [5.74, 6) is 0.105. The molecule has 1 rings (SSSR count). The van der Waals surface area contributed by atoms with Gasteiger partial charge >= 0.3 is 0 Å². The fourth-order valence-electron chi connectivity index (χ4n) is 2.05. The fourth-order valence-corrected chi connectivity index (χ4v) is 4.33. The number of hydrogen-bond donors (Lipinski definition) is 1. The molecule has 26 heavy (non-hydrogen) atoms. The lowest BCUT2D eigenvalue weighted by Crippen LogP contribution is -2.28. The van der Waals surface area contributed by atoms with E-state index in [9.17, 15) is 13.2 Å². The molecular formula is C16H25N3O4S3. The number of carbonyl (C=O) groups is 1. The standard InChI is InChI=1S/C16H25N3O4S3/c1-6-19(7-2)16(24)25-11-15(20)17-12-8-9-13(23-5)14(10-12)26(21,22)18(3)4/h8-10H,6-7,11H2,1-5H3,(H,17,20). The van der Waals surface area contributed by atoms with Crippen LogP contribution in [0, 0.1) is 0 Å². The number of amides is 1. The van der Waals surface area contributed by atoms with E-state index in [0.717, 1.165) is 17.4 Å². The molecular weight excluding hydrogens is 394 g/mol. The van der Waals surface area contributed by atoms with E-state index in [-0.39, 0.29) is 22.3 Å². The van der Waals surface area contributed by atoms with E-state index in [2.05, 4.69) is 5.32 Å². The second-order valence-electron chi connectivity index (χ2n) is 5.43. The maximum absolute atomic E-state index is 12.4. The Labute approximate surface area is 165 Å². The number of anilines is 1. The molecule has 1 amide bonds. The first kappa shape index (κ1) is 22.7. The predicted molar refractivity (Wildman–Crippen MR) is 110 cm³/mol. The number of sulfonamides is 1. The number of nitrogens with zero attached hydrogens (tertiary/aromatic N) is 2. The van der Waals surface area contributed by atoms with Crippen LogP contribution in [0.2, 0.25) is 0 Å². The van der Waals surface area contributed by atoms with Gasteiger partial charge in [-0.05, 0) is 32.0 Å². The van der Waals surface area contributed by atoms with Crippen molar-refractivity contribution in [3.05, 3.63) is 18.2 Å². The summed E-state index contributed by atoms with van der Waals surface area (Å²) in [5.41, 5.74) is 0.380. The Morgan fingerprint density at radius 1 is 1.27 bits per heavy atom. The van der Waals surface area contributed by atoms with Gasteiger partial charge in [0.25, 0.3) is 0 Å². The molecule has 0 unspecified atom stereocenters. The highest BCUT2D eigenvalue weighted by molar-refractivity contribution is 8.23. The first-order chi connectivity index (χ1) is 12.2. The molecule has 10 heteroatoms. The molecule has 0 aliphatic heterocycles. The number of thiocarbonyl (C=S) groups is 1. The molecule has 1 N–H and O–H groups in total. The number of hydrogen-bond acceptors (Lipinski definition) is 6. The molecule has 0 saturated carbocycles. The molecule has 0 fully saturated rings.